The molecule has 8 heavy (non-hydrogen) atoms. The summed E-state index contributed by atoms with van der Waals surface area (Å²) in [5.74, 6) is 0. The van der Waals surface area contributed by atoms with Crippen molar-refractivity contribution in [3.05, 3.63) is 24.8 Å². The van der Waals surface area contributed by atoms with Gasteiger partial charge in [0, 0.05) is 4.43 Å². The maximum atomic E-state index is 3.61. The summed E-state index contributed by atoms with van der Waals surface area (Å²) < 4.78 is 1.21. The predicted molar refractivity (Wildman–Crippen MR) is 47.5 cm³/mol. The van der Waals surface area contributed by atoms with Gasteiger partial charge in [-0.3, -0.25) is 0 Å². The van der Waals surface area contributed by atoms with E-state index in [2.05, 4.69) is 41.3 Å². The monoisotopic (exact) mass is 222 g/mol. The van der Waals surface area contributed by atoms with Crippen molar-refractivity contribution in [2.45, 2.75) is 12.8 Å². The SMILES string of the molecule is C=CC/C=C/CCI. The Morgan fingerprint density at radius 2 is 2.12 bits per heavy atom. The Morgan fingerprint density at radius 1 is 1.38 bits per heavy atom. The highest BCUT2D eigenvalue weighted by molar-refractivity contribution is 14.1. The van der Waals surface area contributed by atoms with Crippen molar-refractivity contribution in [1.82, 2.24) is 0 Å². The van der Waals surface area contributed by atoms with E-state index in [1.165, 1.54) is 10.8 Å². The van der Waals surface area contributed by atoms with Crippen LogP contribution >= 0.6 is 22.6 Å². The summed E-state index contributed by atoms with van der Waals surface area (Å²) in [6.07, 6.45) is 8.44. The minimum absolute atomic E-state index is 1.01. The first-order chi connectivity index (χ1) is 3.91. The molecule has 0 nitrogen and oxygen atoms in total. The lowest BCUT2D eigenvalue weighted by molar-refractivity contribution is 1.24. The molecule has 0 rings (SSSR count). The van der Waals surface area contributed by atoms with Gasteiger partial charge in [-0.1, -0.05) is 40.8 Å². The van der Waals surface area contributed by atoms with Crippen LogP contribution in [0.2, 0.25) is 0 Å². The van der Waals surface area contributed by atoms with E-state index in [1.54, 1.807) is 0 Å². The number of halogens is 1. The molecule has 0 N–H and O–H groups in total. The molecule has 0 aliphatic rings. The van der Waals surface area contributed by atoms with Crippen molar-refractivity contribution >= 4 is 22.6 Å². The summed E-state index contributed by atoms with van der Waals surface area (Å²) in [5, 5.41) is 0. The highest BCUT2D eigenvalue weighted by Crippen LogP contribution is 1.91. The van der Waals surface area contributed by atoms with E-state index in [4.69, 9.17) is 0 Å². The molecule has 0 fully saturated rings. The Morgan fingerprint density at radius 3 is 2.62 bits per heavy atom. The molecule has 0 aliphatic heterocycles. The lowest BCUT2D eigenvalue weighted by Gasteiger charge is -1.79. The van der Waals surface area contributed by atoms with Gasteiger partial charge in [0.25, 0.3) is 0 Å². The van der Waals surface area contributed by atoms with Crippen LogP contribution < -0.4 is 0 Å². The van der Waals surface area contributed by atoms with Crippen LogP contribution in [0.5, 0.6) is 0 Å². The second-order valence-electron chi connectivity index (χ2n) is 1.47. The Hall–Kier alpha value is 0.210. The number of rotatable bonds is 4. The van der Waals surface area contributed by atoms with E-state index in [0.29, 0.717) is 0 Å². The molecule has 0 aromatic carbocycles. The molecule has 46 valence electrons. The average molecular weight is 222 g/mol. The van der Waals surface area contributed by atoms with Crippen molar-refractivity contribution < 1.29 is 0 Å². The summed E-state index contributed by atoms with van der Waals surface area (Å²) in [7, 11) is 0. The van der Waals surface area contributed by atoms with Crippen molar-refractivity contribution in [3.63, 3.8) is 0 Å². The summed E-state index contributed by atoms with van der Waals surface area (Å²) in [4.78, 5) is 0. The predicted octanol–water partition coefficient (Wildman–Crippen LogP) is 2.94. The zero-order valence-electron chi connectivity index (χ0n) is 4.94. The zero-order chi connectivity index (χ0) is 6.24. The molecular weight excluding hydrogens is 211 g/mol. The van der Waals surface area contributed by atoms with E-state index in [9.17, 15) is 0 Å². The van der Waals surface area contributed by atoms with Crippen LogP contribution in [-0.4, -0.2) is 4.43 Å². The molecule has 0 heterocycles. The van der Waals surface area contributed by atoms with E-state index in [0.717, 1.165) is 6.42 Å². The second-order valence-corrected chi connectivity index (χ2v) is 2.55. The Bertz CT molecular complexity index is 74.5. The Balaban J connectivity index is 2.94. The minimum atomic E-state index is 1.01. The third-order valence-corrected chi connectivity index (χ3v) is 1.37. The number of allylic oxidation sites excluding steroid dienone is 3. The van der Waals surface area contributed by atoms with Crippen LogP contribution in [0.1, 0.15) is 12.8 Å². The molecular formula is C7H11I. The van der Waals surface area contributed by atoms with E-state index >= 15 is 0 Å². The quantitative estimate of drug-likeness (QED) is 0.389. The standard InChI is InChI=1S/C7H11I/c1-2-3-4-5-6-7-8/h2,4-5H,1,3,6-7H2/b5-4+. The largest absolute Gasteiger partial charge is 0.103 e. The zero-order valence-corrected chi connectivity index (χ0v) is 7.10. The third kappa shape index (κ3) is 6.21. The van der Waals surface area contributed by atoms with Crippen LogP contribution in [0.3, 0.4) is 0 Å². The fourth-order valence-corrected chi connectivity index (χ4v) is 0.733. The summed E-state index contributed by atoms with van der Waals surface area (Å²) in [6, 6.07) is 0. The van der Waals surface area contributed by atoms with Crippen LogP contribution in [0.4, 0.5) is 0 Å². The molecule has 1 heteroatoms. The molecule has 0 radical (unpaired) electrons. The van der Waals surface area contributed by atoms with Crippen LogP contribution in [-0.2, 0) is 0 Å². The van der Waals surface area contributed by atoms with Crippen molar-refractivity contribution in [2.75, 3.05) is 4.43 Å². The molecule has 0 aromatic rings. The smallest absolute Gasteiger partial charge is 0.00299 e. The fraction of sp³-hybridized carbons (Fsp3) is 0.429. The first-order valence-electron chi connectivity index (χ1n) is 2.73. The van der Waals surface area contributed by atoms with Gasteiger partial charge in [-0.05, 0) is 12.8 Å². The second kappa shape index (κ2) is 7.21. The first-order valence-corrected chi connectivity index (χ1v) is 4.26. The van der Waals surface area contributed by atoms with Crippen molar-refractivity contribution in [3.8, 4) is 0 Å². The average Bonchev–Trinajstić information content (AvgIpc) is 1.81. The maximum Gasteiger partial charge on any atom is 0.00299 e. The van der Waals surface area contributed by atoms with Gasteiger partial charge in [0.05, 0.1) is 0 Å². The third-order valence-electron chi connectivity index (χ3n) is 0.745. The van der Waals surface area contributed by atoms with Gasteiger partial charge >= 0.3 is 0 Å². The number of alkyl halides is 1. The van der Waals surface area contributed by atoms with Crippen LogP contribution in [0.25, 0.3) is 0 Å². The van der Waals surface area contributed by atoms with Gasteiger partial charge in [0.1, 0.15) is 0 Å². The highest BCUT2D eigenvalue weighted by Gasteiger charge is 1.70. The van der Waals surface area contributed by atoms with Gasteiger partial charge in [-0.15, -0.1) is 6.58 Å². The molecule has 0 bridgehead atoms. The molecule has 0 saturated heterocycles. The van der Waals surface area contributed by atoms with Crippen molar-refractivity contribution in [1.29, 1.82) is 0 Å². The van der Waals surface area contributed by atoms with Crippen LogP contribution in [0.15, 0.2) is 24.8 Å². The number of hydrogen-bond donors (Lipinski definition) is 0. The molecule has 0 saturated carbocycles. The highest BCUT2D eigenvalue weighted by atomic mass is 127. The molecule has 0 unspecified atom stereocenters. The van der Waals surface area contributed by atoms with Crippen molar-refractivity contribution in [2.24, 2.45) is 0 Å². The van der Waals surface area contributed by atoms with Gasteiger partial charge in [0.2, 0.25) is 0 Å². The van der Waals surface area contributed by atoms with E-state index < -0.39 is 0 Å². The first kappa shape index (κ1) is 8.21. The van der Waals surface area contributed by atoms with E-state index in [1.807, 2.05) is 6.08 Å². The molecule has 0 spiro atoms. The fourth-order valence-electron chi connectivity index (χ4n) is 0.373. The van der Waals surface area contributed by atoms with Gasteiger partial charge in [0.15, 0.2) is 0 Å². The summed E-state index contributed by atoms with van der Waals surface area (Å²) in [5.41, 5.74) is 0. The molecule has 0 aromatic heterocycles. The van der Waals surface area contributed by atoms with Gasteiger partial charge in [-0.2, -0.15) is 0 Å². The normalized spacial score (nSPS) is 10.1. The van der Waals surface area contributed by atoms with Gasteiger partial charge < -0.3 is 0 Å². The summed E-state index contributed by atoms with van der Waals surface area (Å²) >= 11 is 2.36. The Labute approximate surface area is 64.8 Å². The molecule has 0 amide bonds. The van der Waals surface area contributed by atoms with Gasteiger partial charge in [-0.25, -0.2) is 0 Å². The minimum Gasteiger partial charge on any atom is -0.103 e. The number of hydrogen-bond acceptors (Lipinski definition) is 0. The maximum absolute atomic E-state index is 3.61. The van der Waals surface area contributed by atoms with E-state index in [-0.39, 0.29) is 0 Å². The Kier molecular flexibility index (Phi) is 7.40. The van der Waals surface area contributed by atoms with Crippen LogP contribution in [0, 0.1) is 0 Å². The lowest BCUT2D eigenvalue weighted by atomic mass is 10.3. The topological polar surface area (TPSA) is 0 Å². The lowest BCUT2D eigenvalue weighted by Crippen LogP contribution is -1.63. The molecule has 0 aliphatic carbocycles. The molecule has 0 atom stereocenters. The summed E-state index contributed by atoms with van der Waals surface area (Å²) in [6.45, 7) is 3.61.